The molecule has 39 heteroatoms. The first kappa shape index (κ1) is 92.6. The molecule has 0 saturated heterocycles. The highest BCUT2D eigenvalue weighted by atomic mass is 35.5. The summed E-state index contributed by atoms with van der Waals surface area (Å²) in [5, 5.41) is 30.7. The minimum atomic E-state index is -4.48. The minimum absolute atomic E-state index is 0.0762. The van der Waals surface area contributed by atoms with Crippen LogP contribution in [-0.2, 0) is 30.1 Å². The maximum absolute atomic E-state index is 13.9. The summed E-state index contributed by atoms with van der Waals surface area (Å²) in [7, 11) is 0. The Morgan fingerprint density at radius 2 is 0.713 bits per heavy atom. The molecule has 0 atom stereocenters. The number of carbonyl (C=O) groups is 5. The van der Waals surface area contributed by atoms with Crippen LogP contribution in [0.2, 0.25) is 5.15 Å². The van der Waals surface area contributed by atoms with Gasteiger partial charge in [-0.25, -0.2) is 68.3 Å². The largest absolute Gasteiger partial charge is 0.416 e. The predicted octanol–water partition coefficient (Wildman–Crippen LogP) is 13.2. The highest BCUT2D eigenvalue weighted by Gasteiger charge is 2.32. The van der Waals surface area contributed by atoms with Gasteiger partial charge < -0.3 is 28.7 Å². The van der Waals surface area contributed by atoms with Crippen LogP contribution in [0.1, 0.15) is 89.0 Å². The van der Waals surface area contributed by atoms with Crippen molar-refractivity contribution >= 4 is 100 Å². The highest BCUT2D eigenvalue weighted by molar-refractivity contribution is 6.34. The Kier molecular flexibility index (Phi) is 29.7. The summed E-state index contributed by atoms with van der Waals surface area (Å²) in [5.74, 6) is -4.20. The average Bonchev–Trinajstić information content (AvgIpc) is 1.62. The maximum Gasteiger partial charge on any atom is 0.416 e. The van der Waals surface area contributed by atoms with Gasteiger partial charge in [-0.15, -0.1) is 25.5 Å². The third-order valence-electron chi connectivity index (χ3n) is 18.0. The lowest BCUT2D eigenvalue weighted by atomic mass is 10.1. The van der Waals surface area contributed by atoms with E-state index in [1.54, 1.807) is 31.2 Å². The van der Waals surface area contributed by atoms with Crippen LogP contribution >= 0.6 is 11.6 Å². The summed E-state index contributed by atoms with van der Waals surface area (Å²) in [5.41, 5.74) is 41.4. The smallest absolute Gasteiger partial charge is 0.366 e. The fraction of sp³-hybridized carbons (Fsp3) is 0.111. The molecule has 0 aliphatic rings. The number of amides is 5. The van der Waals surface area contributed by atoms with E-state index in [2.05, 4.69) is 98.5 Å². The molecular weight excluding hydrogens is 1690 g/mol. The first-order valence-electron chi connectivity index (χ1n) is 38.2. The zero-order valence-corrected chi connectivity index (χ0v) is 70.7. The molecule has 0 fully saturated rings. The van der Waals surface area contributed by atoms with Crippen molar-refractivity contribution in [1.29, 1.82) is 5.26 Å². The molecule has 0 spiro atoms. The lowest BCUT2D eigenvalue weighted by molar-refractivity contribution is -0.137. The number of alkyl halides is 3. The van der Waals surface area contributed by atoms with Crippen LogP contribution in [0.3, 0.4) is 0 Å². The summed E-state index contributed by atoms with van der Waals surface area (Å²) in [6.45, 7) is 17.5. The Labute approximate surface area is 736 Å². The van der Waals surface area contributed by atoms with Gasteiger partial charge in [-0.3, -0.25) is 29.0 Å². The second kappa shape index (κ2) is 41.4. The van der Waals surface area contributed by atoms with Gasteiger partial charge in [-0.05, 0) is 177 Å². The van der Waals surface area contributed by atoms with Gasteiger partial charge in [0.2, 0.25) is 17.8 Å². The third-order valence-corrected chi connectivity index (χ3v) is 18.3. The van der Waals surface area contributed by atoms with Gasteiger partial charge in [0.1, 0.15) is 49.2 Å². The molecule has 15 rings (SSSR count). The van der Waals surface area contributed by atoms with Gasteiger partial charge in [0.05, 0.1) is 39.0 Å². The second-order valence-electron chi connectivity index (χ2n) is 28.8. The first-order valence-corrected chi connectivity index (χ1v) is 38.6. The van der Waals surface area contributed by atoms with E-state index in [1.165, 1.54) is 136 Å². The molecule has 32 nitrogen and oxygen atoms in total. The molecule has 0 bridgehead atoms. The van der Waals surface area contributed by atoms with Crippen LogP contribution in [0.5, 0.6) is 0 Å². The number of pyridine rings is 4. The topological polar surface area (TPSA) is 470 Å². The SMILES string of the molecule is Cc1cc(-c2ncn(/C=C(/C(N)=O)c3cncnc3)n2)cc(C(F)(F)F)c1.Cc1cc(C)cc(-c2ncn(/C=C(/C(N)=O)c3ccc(F)nc3)n2)c1.Cc1cc(C)cc(-c2ncn(/C=C(/C(N)=O)c3ccc(F)nc3F)n2)c1.Cc1cc(C)cc(-c2ncn(/C=C(/C(N)=O)c3cccnc3Cl)n2)c1.Cc1cc(C)cc(-c2ncn(/C=C(/C(N)=O)c3cncc(C#N)c3)n2)c1. The molecule has 0 aliphatic heterocycles. The molecule has 15 aromatic rings. The van der Waals surface area contributed by atoms with Crippen molar-refractivity contribution in [3.8, 4) is 63.0 Å². The molecule has 0 saturated carbocycles. The average molecular weight is 1770 g/mol. The number of carbonyl (C=O) groups excluding carboxylic acids is 5. The number of nitrogens with zero attached hydrogens (tertiary/aromatic N) is 22. The Balaban J connectivity index is 0.000000156. The summed E-state index contributed by atoms with van der Waals surface area (Å²) in [6.07, 6.45) is 19.3. The van der Waals surface area contributed by atoms with Gasteiger partial charge in [0, 0.05) is 124 Å². The quantitative estimate of drug-likeness (QED) is 0.0269. The monoisotopic (exact) mass is 1760 g/mol. The first-order chi connectivity index (χ1) is 61.4. The molecule has 650 valence electrons. The molecule has 5 aromatic carbocycles. The lowest BCUT2D eigenvalue weighted by Crippen LogP contribution is -2.15. The number of hydrogen-bond acceptors (Lipinski definition) is 22. The van der Waals surface area contributed by atoms with E-state index in [1.807, 2.05) is 116 Å². The molecule has 10 heterocycles. The molecule has 10 N–H and O–H groups in total. The molecule has 129 heavy (non-hydrogen) atoms. The number of aryl methyl sites for hydroxylation is 9. The Bertz CT molecular complexity index is 6860. The number of rotatable bonds is 20. The number of aromatic nitrogens is 21. The number of halogens is 7. The van der Waals surface area contributed by atoms with Gasteiger partial charge in [0.15, 0.2) is 29.1 Å². The Morgan fingerprint density at radius 1 is 0.372 bits per heavy atom. The number of primary amides is 5. The highest BCUT2D eigenvalue weighted by Crippen LogP contribution is 2.34. The van der Waals surface area contributed by atoms with Gasteiger partial charge in [-0.1, -0.05) is 80.4 Å². The number of benzene rings is 5. The normalized spacial score (nSPS) is 11.6. The molecule has 0 unspecified atom stereocenters. The molecule has 5 amide bonds. The van der Waals surface area contributed by atoms with Crippen molar-refractivity contribution in [3.63, 3.8) is 0 Å². The van der Waals surface area contributed by atoms with E-state index in [9.17, 15) is 50.3 Å². The van der Waals surface area contributed by atoms with Crippen LogP contribution in [0, 0.1) is 91.5 Å². The Hall–Kier alpha value is -17.1. The summed E-state index contributed by atoms with van der Waals surface area (Å²) in [6, 6.07) is 39.1. The van der Waals surface area contributed by atoms with Crippen molar-refractivity contribution in [2.24, 2.45) is 28.7 Å². The molecule has 10 aromatic heterocycles. The van der Waals surface area contributed by atoms with Crippen LogP contribution < -0.4 is 28.7 Å². The fourth-order valence-electron chi connectivity index (χ4n) is 12.7. The zero-order valence-electron chi connectivity index (χ0n) is 69.9. The summed E-state index contributed by atoms with van der Waals surface area (Å²) >= 11 is 6.06. The van der Waals surface area contributed by atoms with Gasteiger partial charge in [-0.2, -0.15) is 36.6 Å². The van der Waals surface area contributed by atoms with E-state index < -0.39 is 59.1 Å². The van der Waals surface area contributed by atoms with E-state index in [0.29, 0.717) is 56.7 Å². The maximum atomic E-state index is 13.9. The predicted molar refractivity (Wildman–Crippen MR) is 470 cm³/mol. The van der Waals surface area contributed by atoms with Gasteiger partial charge in [0.25, 0.3) is 29.5 Å². The van der Waals surface area contributed by atoms with Crippen molar-refractivity contribution in [3.05, 3.63) is 321 Å². The summed E-state index contributed by atoms with van der Waals surface area (Å²) in [4.78, 5) is 102. The van der Waals surface area contributed by atoms with Gasteiger partial charge >= 0.3 is 6.18 Å². The van der Waals surface area contributed by atoms with Crippen molar-refractivity contribution in [2.75, 3.05) is 0 Å². The standard InChI is InChI=1S/C19H16N6O.C18H16ClN5O.C18H15F2N5O.C18H16FN5O.C17H13F3N6O/c1-12-3-13(2)5-15(4-12)19-23-11-25(24-19)10-17(18(21)26)16-6-14(7-20)8-22-9-16;1-11-6-12(2)8-13(7-11)18-22-10-24(23-18)9-15(17(20)25)14-4-3-5-21-16(14)19;1-10-5-11(2)7-12(6-10)18-22-9-25(24-18)8-14(17(21)26)13-3-4-15(19)23-16(13)20;1-11-5-12(2)7-14(6-11)18-22-10-24(23-18)9-15(17(20)25)13-3-4-16(19)21-8-13;1-10-2-11(4-13(3-10)17(18,19)20)16-24-9-26(25-16)7-14(15(21)27)12-5-22-8-23-6-12/h3-6,8-11H,1-2H3,(H2,21,26);3-10H,1-2H3,(H2,20,25);3-9H,1-2H3,(H2,21,26);3-10H,1-2H3,(H2,20,25);2-9H,1H3,(H2,21,27)/b17-10+;15-9+;14-8+;15-9+;14-7+. The zero-order chi connectivity index (χ0) is 93.1. The van der Waals surface area contributed by atoms with E-state index >= 15 is 0 Å². The van der Waals surface area contributed by atoms with Crippen molar-refractivity contribution < 1.29 is 50.3 Å². The van der Waals surface area contributed by atoms with Crippen LogP contribution in [0.15, 0.2) is 209 Å². The third kappa shape index (κ3) is 25.3. The summed E-state index contributed by atoms with van der Waals surface area (Å²) < 4.78 is 85.5. The number of hydrogen-bond donors (Lipinski definition) is 5. The van der Waals surface area contributed by atoms with E-state index in [0.717, 1.165) is 97.1 Å². The Morgan fingerprint density at radius 3 is 1.06 bits per heavy atom. The van der Waals surface area contributed by atoms with E-state index in [-0.39, 0.29) is 50.0 Å². The van der Waals surface area contributed by atoms with Crippen molar-refractivity contribution in [2.45, 2.75) is 68.5 Å². The van der Waals surface area contributed by atoms with Crippen molar-refractivity contribution in [1.82, 2.24) is 104 Å². The molecule has 0 radical (unpaired) electrons. The number of nitriles is 1. The lowest BCUT2D eigenvalue weighted by Gasteiger charge is -2.09. The number of nitrogens with two attached hydrogens (primary N) is 5. The van der Waals surface area contributed by atoms with E-state index in [4.69, 9.17) is 45.5 Å². The van der Waals surface area contributed by atoms with Crippen LogP contribution in [0.25, 0.3) is 116 Å². The van der Waals surface area contributed by atoms with Crippen LogP contribution in [-0.4, -0.2) is 133 Å². The molecule has 0 aliphatic carbocycles. The fourth-order valence-corrected chi connectivity index (χ4v) is 12.9. The minimum Gasteiger partial charge on any atom is -0.366 e. The molecular formula is C90H76ClF6N27O5. The second-order valence-corrected chi connectivity index (χ2v) is 29.1. The van der Waals surface area contributed by atoms with Crippen LogP contribution in [0.4, 0.5) is 26.3 Å².